The van der Waals surface area contributed by atoms with Gasteiger partial charge in [0.25, 0.3) is 5.91 Å². The van der Waals surface area contributed by atoms with Crippen LogP contribution in [0, 0.1) is 5.82 Å². The Bertz CT molecular complexity index is 1160. The number of hydrogen-bond acceptors (Lipinski definition) is 4. The van der Waals surface area contributed by atoms with E-state index < -0.39 is 5.82 Å². The zero-order valence-electron chi connectivity index (χ0n) is 16.7. The highest BCUT2D eigenvalue weighted by Gasteiger charge is 2.31. The number of halogens is 1. The van der Waals surface area contributed by atoms with E-state index in [1.807, 2.05) is 42.5 Å². The minimum Gasteiger partial charge on any atom is -0.496 e. The first-order valence-corrected chi connectivity index (χ1v) is 9.94. The largest absolute Gasteiger partial charge is 0.496 e. The first kappa shape index (κ1) is 20.6. The van der Waals surface area contributed by atoms with Crippen molar-refractivity contribution in [1.82, 2.24) is 5.32 Å². The van der Waals surface area contributed by atoms with E-state index in [1.54, 1.807) is 37.5 Å². The van der Waals surface area contributed by atoms with Crippen LogP contribution in [-0.4, -0.2) is 18.1 Å². The van der Waals surface area contributed by atoms with Gasteiger partial charge in [-0.15, -0.1) is 0 Å². The number of nitrogens with one attached hydrogen (secondary N) is 1. The molecule has 1 aliphatic heterocycles. The number of carbonyl (C=O) groups is 1. The SMILES string of the molecule is COc1ccc(/C=C2/NC(=S)N(c3ccccc3)C2=O)cc1COc1ccccc1F. The average molecular weight is 434 g/mol. The lowest BCUT2D eigenvalue weighted by Gasteiger charge is -2.13. The van der Waals surface area contributed by atoms with E-state index >= 15 is 0 Å². The van der Waals surface area contributed by atoms with Crippen LogP contribution < -0.4 is 19.7 Å². The van der Waals surface area contributed by atoms with Crippen LogP contribution in [0.4, 0.5) is 10.1 Å². The fourth-order valence-electron chi connectivity index (χ4n) is 3.23. The molecule has 0 radical (unpaired) electrons. The smallest absolute Gasteiger partial charge is 0.281 e. The van der Waals surface area contributed by atoms with Crippen LogP contribution in [-0.2, 0) is 11.4 Å². The number of carbonyl (C=O) groups excluding carboxylic acids is 1. The number of methoxy groups -OCH3 is 1. The molecule has 5 nitrogen and oxygen atoms in total. The van der Waals surface area contributed by atoms with Gasteiger partial charge in [0.2, 0.25) is 0 Å². The van der Waals surface area contributed by atoms with Gasteiger partial charge in [0.05, 0.1) is 12.8 Å². The fourth-order valence-corrected chi connectivity index (χ4v) is 3.53. The third-order valence-corrected chi connectivity index (χ3v) is 5.01. The topological polar surface area (TPSA) is 50.8 Å². The molecule has 1 aliphatic rings. The van der Waals surface area contributed by atoms with Gasteiger partial charge in [-0.05, 0) is 60.3 Å². The second kappa shape index (κ2) is 8.97. The molecule has 31 heavy (non-hydrogen) atoms. The monoisotopic (exact) mass is 434 g/mol. The first-order valence-electron chi connectivity index (χ1n) is 9.53. The minimum absolute atomic E-state index is 0.108. The Kier molecular flexibility index (Phi) is 5.95. The van der Waals surface area contributed by atoms with Crippen LogP contribution in [0.5, 0.6) is 11.5 Å². The molecule has 1 N–H and O–H groups in total. The average Bonchev–Trinajstić information content (AvgIpc) is 3.06. The number of para-hydroxylation sites is 2. The van der Waals surface area contributed by atoms with E-state index in [-0.39, 0.29) is 18.3 Å². The predicted octanol–water partition coefficient (Wildman–Crippen LogP) is 4.68. The maximum absolute atomic E-state index is 13.9. The Balaban J connectivity index is 1.58. The van der Waals surface area contributed by atoms with E-state index in [2.05, 4.69) is 5.32 Å². The summed E-state index contributed by atoms with van der Waals surface area (Å²) in [6, 6.07) is 20.8. The lowest BCUT2D eigenvalue weighted by atomic mass is 10.1. The molecule has 0 unspecified atom stereocenters. The number of hydrogen-bond donors (Lipinski definition) is 1. The maximum Gasteiger partial charge on any atom is 0.281 e. The molecule has 156 valence electrons. The summed E-state index contributed by atoms with van der Waals surface area (Å²) in [6.45, 7) is 0.108. The summed E-state index contributed by atoms with van der Waals surface area (Å²) in [4.78, 5) is 14.3. The maximum atomic E-state index is 13.9. The molecule has 4 rings (SSSR count). The van der Waals surface area contributed by atoms with Gasteiger partial charge in [-0.3, -0.25) is 9.69 Å². The number of amides is 1. The summed E-state index contributed by atoms with van der Waals surface area (Å²) in [5.74, 6) is 0.0848. The Morgan fingerprint density at radius 1 is 1.03 bits per heavy atom. The lowest BCUT2D eigenvalue weighted by molar-refractivity contribution is -0.113. The number of anilines is 1. The molecular formula is C24H19FN2O3S. The predicted molar refractivity (Wildman–Crippen MR) is 121 cm³/mol. The quantitative estimate of drug-likeness (QED) is 0.451. The van der Waals surface area contributed by atoms with Crippen LogP contribution in [0.3, 0.4) is 0 Å². The molecule has 0 aromatic heterocycles. The van der Waals surface area contributed by atoms with Crippen LogP contribution >= 0.6 is 12.2 Å². The van der Waals surface area contributed by atoms with E-state index in [9.17, 15) is 9.18 Å². The molecule has 3 aromatic rings. The number of benzene rings is 3. The van der Waals surface area contributed by atoms with Crippen molar-refractivity contribution in [3.05, 3.63) is 95.4 Å². The molecule has 1 amide bonds. The van der Waals surface area contributed by atoms with Crippen molar-refractivity contribution >= 4 is 35.0 Å². The summed E-state index contributed by atoms with van der Waals surface area (Å²) in [7, 11) is 1.55. The second-order valence-electron chi connectivity index (χ2n) is 6.75. The minimum atomic E-state index is -0.435. The van der Waals surface area contributed by atoms with Gasteiger partial charge in [-0.25, -0.2) is 4.39 Å². The van der Waals surface area contributed by atoms with Crippen molar-refractivity contribution in [1.29, 1.82) is 0 Å². The Hall–Kier alpha value is -3.71. The van der Waals surface area contributed by atoms with E-state index in [4.69, 9.17) is 21.7 Å². The molecule has 0 aliphatic carbocycles. The van der Waals surface area contributed by atoms with Crippen molar-refractivity contribution in [2.24, 2.45) is 0 Å². The first-order chi connectivity index (χ1) is 15.1. The summed E-state index contributed by atoms with van der Waals surface area (Å²) in [5, 5.41) is 3.29. The molecule has 0 bridgehead atoms. The Morgan fingerprint density at radius 2 is 1.77 bits per heavy atom. The number of thiocarbonyl (C=S) groups is 1. The zero-order valence-corrected chi connectivity index (χ0v) is 17.5. The Morgan fingerprint density at radius 3 is 2.52 bits per heavy atom. The van der Waals surface area contributed by atoms with Gasteiger partial charge in [0.15, 0.2) is 16.7 Å². The Labute approximate surface area is 184 Å². The number of ether oxygens (including phenoxy) is 2. The third-order valence-electron chi connectivity index (χ3n) is 4.73. The number of nitrogens with zero attached hydrogens (tertiary/aromatic N) is 1. The van der Waals surface area contributed by atoms with Crippen LogP contribution in [0.2, 0.25) is 0 Å². The van der Waals surface area contributed by atoms with Gasteiger partial charge < -0.3 is 14.8 Å². The second-order valence-corrected chi connectivity index (χ2v) is 7.14. The van der Waals surface area contributed by atoms with Crippen molar-refractivity contribution in [3.63, 3.8) is 0 Å². The normalized spacial score (nSPS) is 14.6. The van der Waals surface area contributed by atoms with Gasteiger partial charge in [-0.2, -0.15) is 0 Å². The van der Waals surface area contributed by atoms with Gasteiger partial charge in [0, 0.05) is 5.56 Å². The van der Waals surface area contributed by atoms with Crippen molar-refractivity contribution in [2.75, 3.05) is 12.0 Å². The van der Waals surface area contributed by atoms with Gasteiger partial charge in [0.1, 0.15) is 18.1 Å². The van der Waals surface area contributed by atoms with Crippen molar-refractivity contribution in [2.45, 2.75) is 6.61 Å². The molecular weight excluding hydrogens is 415 g/mol. The summed E-state index contributed by atoms with van der Waals surface area (Å²) in [5.41, 5.74) is 2.52. The van der Waals surface area contributed by atoms with E-state index in [0.29, 0.717) is 27.8 Å². The van der Waals surface area contributed by atoms with Gasteiger partial charge in [-0.1, -0.05) is 36.4 Å². The lowest BCUT2D eigenvalue weighted by Crippen LogP contribution is -2.30. The van der Waals surface area contributed by atoms with Crippen molar-refractivity contribution < 1.29 is 18.7 Å². The highest BCUT2D eigenvalue weighted by molar-refractivity contribution is 7.80. The van der Waals surface area contributed by atoms with Crippen molar-refractivity contribution in [3.8, 4) is 11.5 Å². The van der Waals surface area contributed by atoms with Crippen LogP contribution in [0.1, 0.15) is 11.1 Å². The highest BCUT2D eigenvalue weighted by atomic mass is 32.1. The molecule has 7 heteroatoms. The highest BCUT2D eigenvalue weighted by Crippen LogP contribution is 2.26. The molecule has 0 spiro atoms. The number of rotatable bonds is 6. The van der Waals surface area contributed by atoms with E-state index in [0.717, 1.165) is 5.56 Å². The zero-order chi connectivity index (χ0) is 21.8. The molecule has 1 saturated heterocycles. The van der Waals surface area contributed by atoms with Crippen LogP contribution in [0.15, 0.2) is 78.5 Å². The van der Waals surface area contributed by atoms with E-state index in [1.165, 1.54) is 11.0 Å². The summed E-state index contributed by atoms with van der Waals surface area (Å²) >= 11 is 5.34. The molecule has 0 atom stereocenters. The van der Waals surface area contributed by atoms with Crippen LogP contribution in [0.25, 0.3) is 6.08 Å². The molecule has 1 heterocycles. The fraction of sp³-hybridized carbons (Fsp3) is 0.0833. The molecule has 3 aromatic carbocycles. The molecule has 1 fully saturated rings. The van der Waals surface area contributed by atoms with Gasteiger partial charge >= 0.3 is 0 Å². The standard InChI is InChI=1S/C24H19FN2O3S/c1-29-21-12-11-16(13-17(21)15-30-22-10-6-5-9-19(22)25)14-20-23(28)27(24(31)26-20)18-7-3-2-4-8-18/h2-14H,15H2,1H3,(H,26,31)/b20-14+. The molecule has 0 saturated carbocycles. The third kappa shape index (κ3) is 4.41. The summed E-state index contributed by atoms with van der Waals surface area (Å²) < 4.78 is 24.9. The summed E-state index contributed by atoms with van der Waals surface area (Å²) in [6.07, 6.45) is 1.71.